The van der Waals surface area contributed by atoms with E-state index in [1.165, 1.54) is 6.07 Å². The van der Waals surface area contributed by atoms with Crippen LogP contribution in [0.1, 0.15) is 36.8 Å². The Morgan fingerprint density at radius 3 is 2.59 bits per heavy atom. The van der Waals surface area contributed by atoms with Crippen molar-refractivity contribution in [2.45, 2.75) is 44.0 Å². The molecule has 0 spiro atoms. The van der Waals surface area contributed by atoms with Crippen LogP contribution in [0.15, 0.2) is 42.5 Å². The monoisotopic (exact) mass is 400 g/mol. The maximum absolute atomic E-state index is 13.1. The molecule has 0 bridgehead atoms. The normalized spacial score (nSPS) is 19.7. The number of aromatic nitrogens is 2. The zero-order valence-corrected chi connectivity index (χ0v) is 15.5. The molecular weight excluding hydrogens is 381 g/mol. The van der Waals surface area contributed by atoms with Crippen LogP contribution in [-0.2, 0) is 6.18 Å². The van der Waals surface area contributed by atoms with E-state index < -0.39 is 17.3 Å². The Kier molecular flexibility index (Phi) is 5.05. The van der Waals surface area contributed by atoms with E-state index in [1.54, 1.807) is 6.07 Å². The zero-order chi connectivity index (χ0) is 20.4. The Balaban J connectivity index is 1.37. The van der Waals surface area contributed by atoms with Crippen molar-refractivity contribution in [3.63, 3.8) is 0 Å². The molecular formula is C21H19F3N4O. The van der Waals surface area contributed by atoms with Crippen LogP contribution in [0.25, 0.3) is 10.9 Å². The van der Waals surface area contributed by atoms with Crippen molar-refractivity contribution < 1.29 is 17.9 Å². The lowest BCUT2D eigenvalue weighted by molar-refractivity contribution is -0.137. The Morgan fingerprint density at radius 1 is 1.10 bits per heavy atom. The predicted molar refractivity (Wildman–Crippen MR) is 103 cm³/mol. The number of para-hydroxylation sites is 1. The van der Waals surface area contributed by atoms with E-state index in [0.717, 1.165) is 54.5 Å². The van der Waals surface area contributed by atoms with E-state index in [4.69, 9.17) is 10.00 Å². The van der Waals surface area contributed by atoms with Crippen LogP contribution in [0.4, 0.5) is 19.0 Å². The third kappa shape index (κ3) is 4.14. The van der Waals surface area contributed by atoms with Gasteiger partial charge in [-0.25, -0.2) is 0 Å². The molecule has 0 atom stereocenters. The topological polar surface area (TPSA) is 73.7 Å². The number of hydrogen-bond donors (Lipinski definition) is 2. The number of hydrogen-bond acceptors (Lipinski definition) is 4. The van der Waals surface area contributed by atoms with Crippen molar-refractivity contribution >= 4 is 16.7 Å². The number of H-pyrrole nitrogens is 1. The quantitative estimate of drug-likeness (QED) is 0.627. The van der Waals surface area contributed by atoms with Crippen LogP contribution in [0.3, 0.4) is 0 Å². The Hall–Kier alpha value is -3.21. The van der Waals surface area contributed by atoms with Gasteiger partial charge in [-0.1, -0.05) is 12.1 Å². The number of halogens is 3. The van der Waals surface area contributed by atoms with Gasteiger partial charge in [0.05, 0.1) is 28.8 Å². The van der Waals surface area contributed by atoms with Gasteiger partial charge in [0, 0.05) is 11.4 Å². The van der Waals surface area contributed by atoms with Gasteiger partial charge in [-0.2, -0.15) is 23.5 Å². The van der Waals surface area contributed by atoms with Crippen LogP contribution in [0.2, 0.25) is 0 Å². The van der Waals surface area contributed by atoms with Gasteiger partial charge in [0.1, 0.15) is 5.75 Å². The van der Waals surface area contributed by atoms with E-state index in [1.807, 2.05) is 24.3 Å². The maximum Gasteiger partial charge on any atom is 0.417 e. The van der Waals surface area contributed by atoms with Gasteiger partial charge in [0.15, 0.2) is 5.82 Å². The summed E-state index contributed by atoms with van der Waals surface area (Å²) in [6.45, 7) is 0. The highest BCUT2D eigenvalue weighted by atomic mass is 19.4. The number of nitrogens with zero attached hydrogens (tertiary/aromatic N) is 2. The second kappa shape index (κ2) is 7.66. The standard InChI is InChI=1S/C21H19F3N4O/c22-21(23,24)18-11-16(8-5-13(18)12-25)29-15-9-6-14(7-10-15)26-20-17-3-1-2-4-19(17)27-28-20/h1-5,8,11,14-15H,6-7,9-10H2,(H2,26,27,28)/t14-,15-. The van der Waals surface area contributed by atoms with Gasteiger partial charge in [-0.15, -0.1) is 0 Å². The number of fused-ring (bicyclic) bond motifs is 1. The average Bonchev–Trinajstić information content (AvgIpc) is 3.12. The molecule has 1 fully saturated rings. The number of anilines is 1. The SMILES string of the molecule is N#Cc1ccc(O[C@H]2CC[C@H](Nc3n[nH]c4ccccc34)CC2)cc1C(F)(F)F. The molecule has 2 N–H and O–H groups in total. The highest BCUT2D eigenvalue weighted by molar-refractivity contribution is 5.89. The molecule has 0 aliphatic heterocycles. The number of ether oxygens (including phenoxy) is 1. The first-order valence-electron chi connectivity index (χ1n) is 9.41. The predicted octanol–water partition coefficient (Wildman–Crippen LogP) is 5.26. The average molecular weight is 400 g/mol. The van der Waals surface area contributed by atoms with Crippen molar-refractivity contribution in [2.24, 2.45) is 0 Å². The summed E-state index contributed by atoms with van der Waals surface area (Å²) in [6, 6.07) is 13.2. The van der Waals surface area contributed by atoms with Crippen molar-refractivity contribution in [3.05, 3.63) is 53.6 Å². The highest BCUT2D eigenvalue weighted by Gasteiger charge is 2.34. The number of alkyl halides is 3. The van der Waals surface area contributed by atoms with Crippen LogP contribution in [0, 0.1) is 11.3 Å². The summed E-state index contributed by atoms with van der Waals surface area (Å²) in [4.78, 5) is 0. The minimum atomic E-state index is -4.58. The summed E-state index contributed by atoms with van der Waals surface area (Å²) < 4.78 is 45.1. The number of benzene rings is 2. The molecule has 8 heteroatoms. The summed E-state index contributed by atoms with van der Waals surface area (Å²) in [5.41, 5.74) is -0.393. The Labute approximate surface area is 165 Å². The molecule has 0 saturated heterocycles. The molecule has 2 aromatic carbocycles. The lowest BCUT2D eigenvalue weighted by Crippen LogP contribution is -2.31. The first-order chi connectivity index (χ1) is 13.9. The summed E-state index contributed by atoms with van der Waals surface area (Å²) in [7, 11) is 0. The number of nitrogens with one attached hydrogen (secondary N) is 2. The van der Waals surface area contributed by atoms with Crippen molar-refractivity contribution in [3.8, 4) is 11.8 Å². The number of rotatable bonds is 4. The molecule has 1 saturated carbocycles. The van der Waals surface area contributed by atoms with Gasteiger partial charge >= 0.3 is 6.18 Å². The number of nitriles is 1. The highest BCUT2D eigenvalue weighted by Crippen LogP contribution is 2.35. The van der Waals surface area contributed by atoms with Crippen molar-refractivity contribution in [1.29, 1.82) is 5.26 Å². The van der Waals surface area contributed by atoms with E-state index in [0.29, 0.717) is 0 Å². The lowest BCUT2D eigenvalue weighted by Gasteiger charge is -2.29. The molecule has 29 heavy (non-hydrogen) atoms. The van der Waals surface area contributed by atoms with E-state index in [-0.39, 0.29) is 17.9 Å². The summed E-state index contributed by atoms with van der Waals surface area (Å²) in [6.07, 6.45) is -1.64. The zero-order valence-electron chi connectivity index (χ0n) is 15.5. The van der Waals surface area contributed by atoms with Gasteiger partial charge in [-0.05, 0) is 56.0 Å². The summed E-state index contributed by atoms with van der Waals surface area (Å²) in [5, 5.41) is 20.7. The summed E-state index contributed by atoms with van der Waals surface area (Å²) in [5.74, 6) is 0.956. The van der Waals surface area contributed by atoms with Gasteiger partial charge in [0.25, 0.3) is 0 Å². The van der Waals surface area contributed by atoms with E-state index in [2.05, 4.69) is 15.5 Å². The van der Waals surface area contributed by atoms with E-state index in [9.17, 15) is 13.2 Å². The fourth-order valence-electron chi connectivity index (χ4n) is 3.71. The molecule has 3 aromatic rings. The molecule has 1 heterocycles. The van der Waals surface area contributed by atoms with E-state index >= 15 is 0 Å². The fraction of sp³-hybridized carbons (Fsp3) is 0.333. The molecule has 1 aliphatic rings. The lowest BCUT2D eigenvalue weighted by atomic mass is 9.92. The van der Waals surface area contributed by atoms with Crippen LogP contribution < -0.4 is 10.1 Å². The second-order valence-corrected chi connectivity index (χ2v) is 7.17. The van der Waals surface area contributed by atoms with Crippen molar-refractivity contribution in [2.75, 3.05) is 5.32 Å². The molecule has 0 radical (unpaired) electrons. The Bertz CT molecular complexity index is 1050. The van der Waals surface area contributed by atoms with Gasteiger partial charge in [-0.3, -0.25) is 5.10 Å². The first kappa shape index (κ1) is 19.1. The van der Waals surface area contributed by atoms with Crippen LogP contribution in [0.5, 0.6) is 5.75 Å². The first-order valence-corrected chi connectivity index (χ1v) is 9.41. The van der Waals surface area contributed by atoms with Crippen LogP contribution >= 0.6 is 0 Å². The summed E-state index contributed by atoms with van der Waals surface area (Å²) >= 11 is 0. The molecule has 5 nitrogen and oxygen atoms in total. The molecule has 150 valence electrons. The fourth-order valence-corrected chi connectivity index (χ4v) is 3.71. The molecule has 4 rings (SSSR count). The van der Waals surface area contributed by atoms with Crippen LogP contribution in [-0.4, -0.2) is 22.3 Å². The number of aromatic amines is 1. The Morgan fingerprint density at radius 2 is 1.86 bits per heavy atom. The molecule has 1 aromatic heterocycles. The van der Waals surface area contributed by atoms with Gasteiger partial charge in [0.2, 0.25) is 0 Å². The third-order valence-electron chi connectivity index (χ3n) is 5.21. The van der Waals surface area contributed by atoms with Gasteiger partial charge < -0.3 is 10.1 Å². The maximum atomic E-state index is 13.1. The van der Waals surface area contributed by atoms with Crippen molar-refractivity contribution in [1.82, 2.24) is 10.2 Å². The second-order valence-electron chi connectivity index (χ2n) is 7.17. The smallest absolute Gasteiger partial charge is 0.417 e. The largest absolute Gasteiger partial charge is 0.490 e. The molecule has 1 aliphatic carbocycles. The molecule has 0 unspecified atom stereocenters. The third-order valence-corrected chi connectivity index (χ3v) is 5.21. The minimum absolute atomic E-state index is 0.144. The molecule has 0 amide bonds. The minimum Gasteiger partial charge on any atom is -0.490 e.